The van der Waals surface area contributed by atoms with Gasteiger partial charge in [-0.2, -0.15) is 11.8 Å². The Kier molecular flexibility index (Phi) is 4.55. The fourth-order valence-corrected chi connectivity index (χ4v) is 1.71. The summed E-state index contributed by atoms with van der Waals surface area (Å²) in [6.45, 7) is 0.811. The number of aliphatic hydroxyl groups is 1. The third-order valence-electron chi connectivity index (χ3n) is 1.72. The summed E-state index contributed by atoms with van der Waals surface area (Å²) in [4.78, 5) is 11.3. The lowest BCUT2D eigenvalue weighted by Crippen LogP contribution is -2.20. The molecule has 0 bridgehead atoms. The number of anilines is 1. The molecule has 0 aliphatic carbocycles. The first kappa shape index (κ1) is 11.1. The van der Waals surface area contributed by atoms with E-state index in [1.165, 1.54) is 6.07 Å². The summed E-state index contributed by atoms with van der Waals surface area (Å²) in [5.74, 6) is 1.51. The highest BCUT2D eigenvalue weighted by atomic mass is 32.2. The molecule has 0 aliphatic rings. The molecule has 0 saturated carbocycles. The lowest BCUT2D eigenvalue weighted by molar-refractivity contribution is 0.322. The minimum atomic E-state index is -0.0381. The molecule has 3 N–H and O–H groups in total. The van der Waals surface area contributed by atoms with Gasteiger partial charge in [0.2, 0.25) is 0 Å². The van der Waals surface area contributed by atoms with Crippen molar-refractivity contribution in [3.8, 4) is 0 Å². The minimum Gasteiger partial charge on any atom is -0.398 e. The second kappa shape index (κ2) is 5.72. The van der Waals surface area contributed by atoms with Crippen molar-refractivity contribution in [1.82, 2.24) is 4.57 Å². The van der Waals surface area contributed by atoms with Gasteiger partial charge in [-0.1, -0.05) is 0 Å². The number of hydrogen-bond donors (Lipinski definition) is 2. The van der Waals surface area contributed by atoms with Gasteiger partial charge in [-0.3, -0.25) is 4.79 Å². The van der Waals surface area contributed by atoms with Crippen LogP contribution in [0.5, 0.6) is 0 Å². The normalized spacial score (nSPS) is 10.4. The summed E-state index contributed by atoms with van der Waals surface area (Å²) < 4.78 is 1.58. The Morgan fingerprint density at radius 3 is 2.93 bits per heavy atom. The number of aromatic nitrogens is 1. The summed E-state index contributed by atoms with van der Waals surface area (Å²) in [6, 6.07) is 3.06. The van der Waals surface area contributed by atoms with E-state index in [-0.39, 0.29) is 12.2 Å². The van der Waals surface area contributed by atoms with Gasteiger partial charge >= 0.3 is 0 Å². The Hall–Kier alpha value is -0.940. The lowest BCUT2D eigenvalue weighted by Gasteiger charge is -2.05. The van der Waals surface area contributed by atoms with Gasteiger partial charge < -0.3 is 15.4 Å². The average Bonchev–Trinajstić information content (AvgIpc) is 2.18. The van der Waals surface area contributed by atoms with Crippen molar-refractivity contribution >= 4 is 17.4 Å². The maximum Gasteiger partial charge on any atom is 0.250 e. The van der Waals surface area contributed by atoms with Crippen molar-refractivity contribution in [3.63, 3.8) is 0 Å². The van der Waals surface area contributed by atoms with E-state index in [9.17, 15) is 4.79 Å². The predicted molar refractivity (Wildman–Crippen MR) is 59.5 cm³/mol. The molecule has 78 valence electrons. The van der Waals surface area contributed by atoms with Crippen molar-refractivity contribution in [3.05, 3.63) is 28.7 Å². The van der Waals surface area contributed by atoms with Crippen LogP contribution in [-0.2, 0) is 6.54 Å². The molecule has 0 saturated heterocycles. The molecular formula is C9H14N2O2S. The van der Waals surface area contributed by atoms with E-state index < -0.39 is 0 Å². The van der Waals surface area contributed by atoms with Gasteiger partial charge in [0.1, 0.15) is 0 Å². The molecule has 0 aliphatic heterocycles. The molecule has 0 aromatic carbocycles. The van der Waals surface area contributed by atoms with E-state index in [1.54, 1.807) is 28.6 Å². The first-order valence-electron chi connectivity index (χ1n) is 4.38. The first-order valence-corrected chi connectivity index (χ1v) is 5.54. The van der Waals surface area contributed by atoms with E-state index in [0.29, 0.717) is 18.0 Å². The molecule has 1 aromatic rings. The zero-order chi connectivity index (χ0) is 10.4. The van der Waals surface area contributed by atoms with Gasteiger partial charge in [0.05, 0.1) is 6.61 Å². The van der Waals surface area contributed by atoms with Crippen LogP contribution in [0, 0.1) is 0 Å². The van der Waals surface area contributed by atoms with Crippen molar-refractivity contribution in [1.29, 1.82) is 0 Å². The highest BCUT2D eigenvalue weighted by Crippen LogP contribution is 2.01. The molecule has 1 aromatic heterocycles. The van der Waals surface area contributed by atoms with Crippen LogP contribution in [0.15, 0.2) is 23.1 Å². The molecule has 5 heteroatoms. The van der Waals surface area contributed by atoms with E-state index in [1.807, 2.05) is 0 Å². The second-order valence-electron chi connectivity index (χ2n) is 2.83. The molecule has 0 spiro atoms. The maximum atomic E-state index is 11.3. The standard InChI is InChI=1S/C9H14N2O2S/c10-8-1-2-9(13)11(7-8)3-5-14-6-4-12/h1-2,7,12H,3-6,10H2. The number of aliphatic hydroxyl groups excluding tert-OH is 1. The summed E-state index contributed by atoms with van der Waals surface area (Å²) >= 11 is 1.61. The second-order valence-corrected chi connectivity index (χ2v) is 4.05. The molecular weight excluding hydrogens is 200 g/mol. The number of nitrogens with two attached hydrogens (primary N) is 1. The van der Waals surface area contributed by atoms with Crippen molar-refractivity contribution in [2.75, 3.05) is 23.8 Å². The number of nitrogen functional groups attached to an aromatic ring is 1. The van der Waals surface area contributed by atoms with Crippen molar-refractivity contribution < 1.29 is 5.11 Å². The summed E-state index contributed by atoms with van der Waals surface area (Å²) in [5, 5.41) is 8.55. The molecule has 0 fully saturated rings. The molecule has 4 nitrogen and oxygen atoms in total. The van der Waals surface area contributed by atoms with Crippen LogP contribution in [0.25, 0.3) is 0 Å². The Balaban J connectivity index is 2.49. The van der Waals surface area contributed by atoms with Crippen molar-refractivity contribution in [2.24, 2.45) is 0 Å². The number of hydrogen-bond acceptors (Lipinski definition) is 4. The van der Waals surface area contributed by atoms with E-state index >= 15 is 0 Å². The van der Waals surface area contributed by atoms with Crippen LogP contribution in [0.4, 0.5) is 5.69 Å². The maximum absolute atomic E-state index is 11.3. The topological polar surface area (TPSA) is 68.2 Å². The van der Waals surface area contributed by atoms with Gasteiger partial charge in [-0.05, 0) is 6.07 Å². The molecule has 0 unspecified atom stereocenters. The van der Waals surface area contributed by atoms with Crippen LogP contribution in [0.3, 0.4) is 0 Å². The third kappa shape index (κ3) is 3.43. The Bertz CT molecular complexity index is 338. The highest BCUT2D eigenvalue weighted by Gasteiger charge is 1.96. The largest absolute Gasteiger partial charge is 0.398 e. The van der Waals surface area contributed by atoms with Crippen LogP contribution < -0.4 is 11.3 Å². The van der Waals surface area contributed by atoms with Gasteiger partial charge in [-0.25, -0.2) is 0 Å². The third-order valence-corrected chi connectivity index (χ3v) is 2.66. The number of pyridine rings is 1. The fraction of sp³-hybridized carbons (Fsp3) is 0.444. The van der Waals surface area contributed by atoms with E-state index in [2.05, 4.69) is 0 Å². The van der Waals surface area contributed by atoms with Gasteiger partial charge in [0, 0.05) is 36.0 Å². The summed E-state index contributed by atoms with van der Waals surface area (Å²) in [5.41, 5.74) is 6.11. The zero-order valence-electron chi connectivity index (χ0n) is 7.85. The highest BCUT2D eigenvalue weighted by molar-refractivity contribution is 7.99. The molecule has 0 atom stereocenters. The predicted octanol–water partition coefficient (Wildman–Crippen LogP) is 0.156. The number of rotatable bonds is 5. The van der Waals surface area contributed by atoms with E-state index in [4.69, 9.17) is 10.8 Å². The van der Waals surface area contributed by atoms with E-state index in [0.717, 1.165) is 5.75 Å². The quantitative estimate of drug-likeness (QED) is 0.685. The molecule has 0 amide bonds. The van der Waals surface area contributed by atoms with Crippen LogP contribution in [0.1, 0.15) is 0 Å². The number of aryl methyl sites for hydroxylation is 1. The molecule has 14 heavy (non-hydrogen) atoms. The van der Waals surface area contributed by atoms with Gasteiger partial charge in [-0.15, -0.1) is 0 Å². The SMILES string of the molecule is Nc1ccc(=O)n(CCSCCO)c1. The smallest absolute Gasteiger partial charge is 0.250 e. The monoisotopic (exact) mass is 214 g/mol. The Labute approximate surface area is 86.7 Å². The molecule has 1 rings (SSSR count). The average molecular weight is 214 g/mol. The Morgan fingerprint density at radius 1 is 1.43 bits per heavy atom. The van der Waals surface area contributed by atoms with Crippen LogP contribution in [-0.4, -0.2) is 27.8 Å². The van der Waals surface area contributed by atoms with Crippen LogP contribution in [0.2, 0.25) is 0 Å². The molecule has 0 radical (unpaired) electrons. The van der Waals surface area contributed by atoms with Gasteiger partial charge in [0.25, 0.3) is 5.56 Å². The van der Waals surface area contributed by atoms with Crippen LogP contribution >= 0.6 is 11.8 Å². The van der Waals surface area contributed by atoms with Gasteiger partial charge in [0.15, 0.2) is 0 Å². The molecule has 1 heterocycles. The zero-order valence-corrected chi connectivity index (χ0v) is 8.67. The lowest BCUT2D eigenvalue weighted by atomic mass is 10.4. The van der Waals surface area contributed by atoms with Crippen molar-refractivity contribution in [2.45, 2.75) is 6.54 Å². The number of nitrogens with zero attached hydrogens (tertiary/aromatic N) is 1. The summed E-state index contributed by atoms with van der Waals surface area (Å²) in [6.07, 6.45) is 1.64. The number of thioether (sulfide) groups is 1. The summed E-state index contributed by atoms with van der Waals surface area (Å²) in [7, 11) is 0. The minimum absolute atomic E-state index is 0.0381. The fourth-order valence-electron chi connectivity index (χ4n) is 1.05. The Morgan fingerprint density at radius 2 is 2.21 bits per heavy atom. The first-order chi connectivity index (χ1) is 6.74.